The lowest BCUT2D eigenvalue weighted by molar-refractivity contribution is -0.151. The molecule has 2 aliphatic rings. The Morgan fingerprint density at radius 3 is 2.83 bits per heavy atom. The van der Waals surface area contributed by atoms with Gasteiger partial charge in [0.05, 0.1) is 11.0 Å². The molecule has 0 radical (unpaired) electrons. The molecule has 2 aliphatic heterocycles. The van der Waals surface area contributed by atoms with Gasteiger partial charge in [0.25, 0.3) is 5.91 Å². The van der Waals surface area contributed by atoms with Crippen LogP contribution in [-0.2, 0) is 4.79 Å². The number of benzene rings is 1. The first-order valence-corrected chi connectivity index (χ1v) is 8.98. The Bertz CT molecular complexity index is 798. The maximum Gasteiger partial charge on any atom is 0.311 e. The molecule has 4 rings (SSSR count). The molecule has 120 valence electrons. The molecule has 0 aliphatic carbocycles. The molecule has 3 heterocycles. The summed E-state index contributed by atoms with van der Waals surface area (Å²) in [5.41, 5.74) is -0.0375. The third-order valence-corrected chi connectivity index (χ3v) is 6.71. The van der Waals surface area contributed by atoms with Crippen molar-refractivity contribution < 1.29 is 14.7 Å². The zero-order valence-corrected chi connectivity index (χ0v) is 13.8. The zero-order chi connectivity index (χ0) is 16.2. The van der Waals surface area contributed by atoms with E-state index in [-0.39, 0.29) is 18.0 Å². The lowest BCUT2D eigenvalue weighted by Crippen LogP contribution is -2.44. The van der Waals surface area contributed by atoms with E-state index in [1.54, 1.807) is 11.3 Å². The second kappa shape index (κ2) is 5.06. The largest absolute Gasteiger partial charge is 0.481 e. The molecule has 0 saturated carbocycles. The van der Waals surface area contributed by atoms with Crippen LogP contribution in [0, 0.1) is 5.41 Å². The van der Waals surface area contributed by atoms with Gasteiger partial charge in [-0.15, -0.1) is 11.3 Å². The predicted molar refractivity (Wildman–Crippen MR) is 89.8 cm³/mol. The number of amides is 1. The summed E-state index contributed by atoms with van der Waals surface area (Å²) in [6.07, 6.45) is 2.90. The number of fused-ring (bicyclic) bond motifs is 3. The van der Waals surface area contributed by atoms with Crippen LogP contribution in [0.2, 0.25) is 0 Å². The van der Waals surface area contributed by atoms with Crippen LogP contribution in [-0.4, -0.2) is 34.0 Å². The second-order valence-electron chi connectivity index (χ2n) is 6.62. The van der Waals surface area contributed by atoms with E-state index in [0.717, 1.165) is 28.5 Å². The van der Waals surface area contributed by atoms with Crippen molar-refractivity contribution in [3.8, 4) is 0 Å². The molecule has 4 nitrogen and oxygen atoms in total. The average Bonchev–Trinajstić information content (AvgIpc) is 3.25. The van der Waals surface area contributed by atoms with E-state index in [0.29, 0.717) is 12.8 Å². The fourth-order valence-electron chi connectivity index (χ4n) is 4.53. The van der Waals surface area contributed by atoms with Gasteiger partial charge in [-0.25, -0.2) is 0 Å². The fourth-order valence-corrected chi connectivity index (χ4v) is 5.47. The number of carbonyl (C=O) groups is 2. The van der Waals surface area contributed by atoms with Crippen molar-refractivity contribution in [2.45, 2.75) is 44.7 Å². The van der Waals surface area contributed by atoms with Gasteiger partial charge in [-0.2, -0.15) is 0 Å². The number of carbonyl (C=O) groups excluding carboxylic acids is 1. The summed E-state index contributed by atoms with van der Waals surface area (Å²) >= 11 is 1.57. The summed E-state index contributed by atoms with van der Waals surface area (Å²) in [4.78, 5) is 26.9. The van der Waals surface area contributed by atoms with Gasteiger partial charge in [-0.3, -0.25) is 9.59 Å². The summed E-state index contributed by atoms with van der Waals surface area (Å²) < 4.78 is 1.10. The van der Waals surface area contributed by atoms with Crippen LogP contribution >= 0.6 is 11.3 Å². The third kappa shape index (κ3) is 1.89. The number of thiophene rings is 1. The van der Waals surface area contributed by atoms with E-state index >= 15 is 0 Å². The van der Waals surface area contributed by atoms with Gasteiger partial charge >= 0.3 is 5.97 Å². The van der Waals surface area contributed by atoms with Crippen LogP contribution in [0.1, 0.15) is 43.0 Å². The second-order valence-corrected chi connectivity index (χ2v) is 7.54. The number of rotatable bonds is 3. The normalized spacial score (nSPS) is 29.3. The molecule has 1 amide bonds. The van der Waals surface area contributed by atoms with Crippen LogP contribution in [0.3, 0.4) is 0 Å². The quantitative estimate of drug-likeness (QED) is 0.933. The van der Waals surface area contributed by atoms with E-state index in [2.05, 4.69) is 0 Å². The zero-order valence-electron chi connectivity index (χ0n) is 13.0. The van der Waals surface area contributed by atoms with Gasteiger partial charge in [0.2, 0.25) is 0 Å². The van der Waals surface area contributed by atoms with E-state index < -0.39 is 11.4 Å². The number of carboxylic acids is 1. The molecule has 2 bridgehead atoms. The molecule has 0 unspecified atom stereocenters. The smallest absolute Gasteiger partial charge is 0.311 e. The number of hydrogen-bond acceptors (Lipinski definition) is 3. The highest BCUT2D eigenvalue weighted by Gasteiger charge is 2.60. The molecule has 1 aromatic heterocycles. The first-order chi connectivity index (χ1) is 11.1. The van der Waals surface area contributed by atoms with Crippen molar-refractivity contribution in [3.05, 3.63) is 35.2 Å². The Balaban J connectivity index is 1.74. The maximum atomic E-state index is 13.1. The molecule has 1 N–H and O–H groups in total. The molecule has 2 aromatic rings. The van der Waals surface area contributed by atoms with E-state index in [4.69, 9.17) is 0 Å². The van der Waals surface area contributed by atoms with Gasteiger partial charge in [0.1, 0.15) is 0 Å². The molecule has 3 atom stereocenters. The van der Waals surface area contributed by atoms with Crippen LogP contribution in [0.5, 0.6) is 0 Å². The van der Waals surface area contributed by atoms with Crippen LogP contribution < -0.4 is 0 Å². The lowest BCUT2D eigenvalue weighted by atomic mass is 9.72. The van der Waals surface area contributed by atoms with E-state index in [9.17, 15) is 14.7 Å². The number of aliphatic carboxylic acids is 1. The monoisotopic (exact) mass is 329 g/mol. The maximum absolute atomic E-state index is 13.1. The fraction of sp³-hybridized carbons (Fsp3) is 0.444. The third-order valence-electron chi connectivity index (χ3n) is 5.74. The summed E-state index contributed by atoms with van der Waals surface area (Å²) in [6, 6.07) is 7.81. The predicted octanol–water partition coefficient (Wildman–Crippen LogP) is 3.76. The van der Waals surface area contributed by atoms with Gasteiger partial charge in [0, 0.05) is 27.5 Å². The highest BCUT2D eigenvalue weighted by molar-refractivity contribution is 7.17. The topological polar surface area (TPSA) is 57.6 Å². The molecular weight excluding hydrogens is 310 g/mol. The molecule has 1 aromatic carbocycles. The lowest BCUT2D eigenvalue weighted by Gasteiger charge is -2.32. The Morgan fingerprint density at radius 2 is 2.13 bits per heavy atom. The highest BCUT2D eigenvalue weighted by atomic mass is 32.1. The molecule has 0 spiro atoms. The Labute approximate surface area is 138 Å². The van der Waals surface area contributed by atoms with Gasteiger partial charge in [-0.1, -0.05) is 25.1 Å². The van der Waals surface area contributed by atoms with Crippen molar-refractivity contribution in [1.82, 2.24) is 4.90 Å². The Kier molecular flexibility index (Phi) is 3.23. The van der Waals surface area contributed by atoms with E-state index in [1.165, 1.54) is 0 Å². The van der Waals surface area contributed by atoms with Crippen molar-refractivity contribution in [2.24, 2.45) is 5.41 Å². The summed E-state index contributed by atoms with van der Waals surface area (Å²) in [6.45, 7) is 1.93. The average molecular weight is 329 g/mol. The van der Waals surface area contributed by atoms with Gasteiger partial charge in [0.15, 0.2) is 0 Å². The number of nitrogens with zero attached hydrogens (tertiary/aromatic N) is 1. The van der Waals surface area contributed by atoms with Crippen LogP contribution in [0.25, 0.3) is 10.1 Å². The first-order valence-electron chi connectivity index (χ1n) is 8.11. The minimum atomic E-state index is -0.760. The van der Waals surface area contributed by atoms with E-state index in [1.807, 2.05) is 41.5 Å². The number of hydrogen-bond donors (Lipinski definition) is 1. The van der Waals surface area contributed by atoms with Crippen molar-refractivity contribution in [2.75, 3.05) is 0 Å². The van der Waals surface area contributed by atoms with Gasteiger partial charge in [-0.05, 0) is 31.7 Å². The molecular formula is C18H19NO3S. The van der Waals surface area contributed by atoms with Crippen LogP contribution in [0.15, 0.2) is 29.6 Å². The molecule has 5 heteroatoms. The Morgan fingerprint density at radius 1 is 1.35 bits per heavy atom. The van der Waals surface area contributed by atoms with Crippen molar-refractivity contribution >= 4 is 33.3 Å². The first kappa shape index (κ1) is 14.7. The van der Waals surface area contributed by atoms with Gasteiger partial charge < -0.3 is 10.0 Å². The van der Waals surface area contributed by atoms with Crippen LogP contribution in [0.4, 0.5) is 0 Å². The SMILES string of the molecule is CC[C@@]1(C(=O)O)C[C@@H]2CC[C@H]1N2C(=O)c1csc2ccccc12. The molecule has 2 saturated heterocycles. The Hall–Kier alpha value is -1.88. The van der Waals surface area contributed by atoms with Crippen molar-refractivity contribution in [3.63, 3.8) is 0 Å². The van der Waals surface area contributed by atoms with Crippen molar-refractivity contribution in [1.29, 1.82) is 0 Å². The summed E-state index contributed by atoms with van der Waals surface area (Å²) in [5.74, 6) is -0.744. The minimum Gasteiger partial charge on any atom is -0.481 e. The highest BCUT2D eigenvalue weighted by Crippen LogP contribution is 2.52. The molecule has 2 fully saturated rings. The summed E-state index contributed by atoms with van der Waals surface area (Å²) in [5, 5.41) is 12.6. The number of carboxylic acid groups (broad SMARTS) is 1. The summed E-state index contributed by atoms with van der Waals surface area (Å²) in [7, 11) is 0. The minimum absolute atomic E-state index is 0.00604. The standard InChI is InChI=1S/C18H19NO3S/c1-2-18(17(21)22)9-11-7-8-15(18)19(11)16(20)13-10-23-14-6-4-3-5-12(13)14/h3-6,10-11,15H,2,7-9H2,1H3,(H,21,22)/t11-,15+,18+/m0/s1. The molecule has 23 heavy (non-hydrogen) atoms.